The van der Waals surface area contributed by atoms with Gasteiger partial charge in [0.15, 0.2) is 0 Å². The molecule has 25 heavy (non-hydrogen) atoms. The highest BCUT2D eigenvalue weighted by Gasteiger charge is 2.30. The maximum absolute atomic E-state index is 5.72. The quantitative estimate of drug-likeness (QED) is 0.856. The predicted octanol–water partition coefficient (Wildman–Crippen LogP) is 3.44. The van der Waals surface area contributed by atoms with E-state index in [2.05, 4.69) is 48.8 Å². The maximum atomic E-state index is 5.72. The lowest BCUT2D eigenvalue weighted by Gasteiger charge is -2.44. The van der Waals surface area contributed by atoms with Crippen molar-refractivity contribution in [2.75, 3.05) is 44.3 Å². The first-order chi connectivity index (χ1) is 12.2. The molecule has 0 bridgehead atoms. The number of ether oxygens (including phenoxy) is 1. The lowest BCUT2D eigenvalue weighted by molar-refractivity contribution is -0.0116. The van der Waals surface area contributed by atoms with Gasteiger partial charge in [0.05, 0.1) is 30.5 Å². The van der Waals surface area contributed by atoms with E-state index in [1.807, 2.05) is 6.20 Å². The van der Waals surface area contributed by atoms with Gasteiger partial charge in [0.1, 0.15) is 0 Å². The smallest absolute Gasteiger partial charge is 0.0938 e. The molecule has 2 saturated heterocycles. The Kier molecular flexibility index (Phi) is 4.65. The number of morpholine rings is 1. The van der Waals surface area contributed by atoms with Crippen LogP contribution in [-0.4, -0.2) is 55.3 Å². The average molecular weight is 339 g/mol. The van der Waals surface area contributed by atoms with Crippen molar-refractivity contribution in [3.63, 3.8) is 0 Å². The van der Waals surface area contributed by atoms with Crippen LogP contribution < -0.4 is 4.90 Å². The van der Waals surface area contributed by atoms with Crippen LogP contribution in [0.15, 0.2) is 24.4 Å². The zero-order chi connectivity index (χ0) is 17.4. The molecular weight excluding hydrogens is 310 g/mol. The molecule has 1 aromatic carbocycles. The molecule has 4 heteroatoms. The fourth-order valence-corrected chi connectivity index (χ4v) is 4.23. The summed E-state index contributed by atoms with van der Waals surface area (Å²) in [6, 6.07) is 7.40. The second-order valence-corrected chi connectivity index (χ2v) is 7.63. The van der Waals surface area contributed by atoms with Gasteiger partial charge >= 0.3 is 0 Å². The van der Waals surface area contributed by atoms with Crippen LogP contribution in [0.4, 0.5) is 5.69 Å². The highest BCUT2D eigenvalue weighted by Crippen LogP contribution is 2.33. The van der Waals surface area contributed by atoms with E-state index in [1.54, 1.807) is 0 Å². The fourth-order valence-electron chi connectivity index (χ4n) is 4.23. The zero-order valence-corrected chi connectivity index (χ0v) is 15.7. The highest BCUT2D eigenvalue weighted by molar-refractivity contribution is 5.94. The molecule has 3 heterocycles. The Balaban J connectivity index is 1.77. The number of hydrogen-bond donors (Lipinski definition) is 0. The summed E-state index contributed by atoms with van der Waals surface area (Å²) in [5.41, 5.74) is 5.27. The summed E-state index contributed by atoms with van der Waals surface area (Å²) in [6.07, 6.45) is 3.04. The second-order valence-electron chi connectivity index (χ2n) is 7.63. The number of nitrogens with zero attached hydrogens (tertiary/aromatic N) is 3. The first kappa shape index (κ1) is 16.8. The minimum absolute atomic E-state index is 0.508. The van der Waals surface area contributed by atoms with Crippen molar-refractivity contribution in [3.8, 4) is 0 Å². The minimum Gasteiger partial charge on any atom is -0.378 e. The van der Waals surface area contributed by atoms with Gasteiger partial charge in [0.25, 0.3) is 0 Å². The number of benzene rings is 1. The summed E-state index contributed by atoms with van der Waals surface area (Å²) < 4.78 is 5.72. The van der Waals surface area contributed by atoms with Gasteiger partial charge in [-0.25, -0.2) is 0 Å². The summed E-state index contributed by atoms with van der Waals surface area (Å²) >= 11 is 0. The third-order valence-electron chi connectivity index (χ3n) is 5.73. The van der Waals surface area contributed by atoms with Crippen molar-refractivity contribution in [3.05, 3.63) is 35.5 Å². The normalized spacial score (nSPS) is 21.8. The summed E-state index contributed by atoms with van der Waals surface area (Å²) in [4.78, 5) is 9.91. The van der Waals surface area contributed by atoms with Crippen molar-refractivity contribution in [1.29, 1.82) is 0 Å². The molecule has 2 fully saturated rings. The minimum atomic E-state index is 0.508. The van der Waals surface area contributed by atoms with E-state index in [9.17, 15) is 0 Å². The predicted molar refractivity (Wildman–Crippen MR) is 104 cm³/mol. The molecule has 4 rings (SSSR count). The van der Waals surface area contributed by atoms with E-state index in [1.165, 1.54) is 22.2 Å². The lowest BCUT2D eigenvalue weighted by Crippen LogP contribution is -2.58. The van der Waals surface area contributed by atoms with Gasteiger partial charge in [0.2, 0.25) is 0 Å². The zero-order valence-electron chi connectivity index (χ0n) is 15.7. The molecule has 2 aliphatic rings. The molecule has 0 spiro atoms. The first-order valence-corrected chi connectivity index (χ1v) is 9.65. The summed E-state index contributed by atoms with van der Waals surface area (Å²) in [7, 11) is 0. The number of aryl methyl sites for hydroxylation is 1. The van der Waals surface area contributed by atoms with Crippen molar-refractivity contribution >= 4 is 16.6 Å². The average Bonchev–Trinajstić information content (AvgIpc) is 2.66. The van der Waals surface area contributed by atoms with Gasteiger partial charge in [-0.1, -0.05) is 20.8 Å². The number of piperazine rings is 1. The van der Waals surface area contributed by atoms with E-state index in [0.29, 0.717) is 12.0 Å². The van der Waals surface area contributed by atoms with Gasteiger partial charge in [-0.05, 0) is 41.7 Å². The third-order valence-corrected chi connectivity index (χ3v) is 5.73. The standard InChI is InChI=1S/C21H29N3O/c1-4-16-11-19-18(15(2)3)5-6-22-21(19)20(12-16)24-8-7-23-9-10-25-14-17(23)13-24/h5-6,11-12,15,17H,4,7-10,13-14H2,1-3H3/t17-/m1/s1. The summed E-state index contributed by atoms with van der Waals surface area (Å²) in [5, 5.41) is 1.33. The molecule has 0 aliphatic carbocycles. The monoisotopic (exact) mass is 339 g/mol. The molecule has 2 aromatic rings. The summed E-state index contributed by atoms with van der Waals surface area (Å²) in [6.45, 7) is 12.8. The van der Waals surface area contributed by atoms with E-state index in [4.69, 9.17) is 9.72 Å². The van der Waals surface area contributed by atoms with Crippen molar-refractivity contribution < 1.29 is 4.74 Å². The topological polar surface area (TPSA) is 28.6 Å². The van der Waals surface area contributed by atoms with E-state index in [0.717, 1.165) is 51.3 Å². The molecule has 1 atom stereocenters. The van der Waals surface area contributed by atoms with Crippen LogP contribution in [0, 0.1) is 0 Å². The van der Waals surface area contributed by atoms with Crippen LogP contribution in [0.25, 0.3) is 10.9 Å². The molecule has 134 valence electrons. The number of anilines is 1. The molecule has 0 radical (unpaired) electrons. The Bertz CT molecular complexity index is 758. The molecule has 0 saturated carbocycles. The van der Waals surface area contributed by atoms with Gasteiger partial charge in [-0.15, -0.1) is 0 Å². The van der Waals surface area contributed by atoms with Gasteiger partial charge in [0, 0.05) is 37.8 Å². The van der Waals surface area contributed by atoms with Crippen molar-refractivity contribution in [2.24, 2.45) is 0 Å². The SMILES string of the molecule is CCc1cc(N2CCN3CCOC[C@H]3C2)c2nccc(C(C)C)c2c1. The number of hydrogen-bond acceptors (Lipinski definition) is 4. The van der Waals surface area contributed by atoms with Crippen molar-refractivity contribution in [1.82, 2.24) is 9.88 Å². The Morgan fingerprint density at radius 3 is 2.92 bits per heavy atom. The molecule has 1 aromatic heterocycles. The Hall–Kier alpha value is -1.65. The number of aromatic nitrogens is 1. The van der Waals surface area contributed by atoms with Gasteiger partial charge in [-0.2, -0.15) is 0 Å². The van der Waals surface area contributed by atoms with Crippen LogP contribution in [0.5, 0.6) is 0 Å². The molecule has 4 nitrogen and oxygen atoms in total. The van der Waals surface area contributed by atoms with E-state index in [-0.39, 0.29) is 0 Å². The molecule has 0 N–H and O–H groups in total. The molecule has 0 amide bonds. The van der Waals surface area contributed by atoms with Crippen LogP contribution in [0.3, 0.4) is 0 Å². The van der Waals surface area contributed by atoms with Crippen molar-refractivity contribution in [2.45, 2.75) is 39.2 Å². The Morgan fingerprint density at radius 1 is 1.24 bits per heavy atom. The molecule has 2 aliphatic heterocycles. The Morgan fingerprint density at radius 2 is 2.12 bits per heavy atom. The van der Waals surface area contributed by atoms with Crippen LogP contribution in [0.1, 0.15) is 37.8 Å². The summed E-state index contributed by atoms with van der Waals surface area (Å²) in [5.74, 6) is 0.508. The van der Waals surface area contributed by atoms with E-state index >= 15 is 0 Å². The number of fused-ring (bicyclic) bond motifs is 2. The van der Waals surface area contributed by atoms with Crippen LogP contribution in [-0.2, 0) is 11.2 Å². The fraction of sp³-hybridized carbons (Fsp3) is 0.571. The van der Waals surface area contributed by atoms with Crippen LogP contribution in [0.2, 0.25) is 0 Å². The molecular formula is C21H29N3O. The van der Waals surface area contributed by atoms with Gasteiger partial charge in [-0.3, -0.25) is 9.88 Å². The molecule has 0 unspecified atom stereocenters. The third kappa shape index (κ3) is 3.13. The number of pyridine rings is 1. The van der Waals surface area contributed by atoms with E-state index < -0.39 is 0 Å². The van der Waals surface area contributed by atoms with Gasteiger partial charge < -0.3 is 9.64 Å². The first-order valence-electron chi connectivity index (χ1n) is 9.65. The highest BCUT2D eigenvalue weighted by atomic mass is 16.5. The van der Waals surface area contributed by atoms with Crippen LogP contribution >= 0.6 is 0 Å². The lowest BCUT2D eigenvalue weighted by atomic mass is 9.95. The second kappa shape index (κ2) is 6.93. The Labute approximate surface area is 150 Å². The maximum Gasteiger partial charge on any atom is 0.0938 e. The largest absolute Gasteiger partial charge is 0.378 e. The number of rotatable bonds is 3.